The number of hydrogen-bond donors (Lipinski definition) is 1. The van der Waals surface area contributed by atoms with Crippen molar-refractivity contribution in [3.63, 3.8) is 0 Å². The van der Waals surface area contributed by atoms with Crippen molar-refractivity contribution in [2.45, 2.75) is 26.3 Å². The lowest BCUT2D eigenvalue weighted by molar-refractivity contribution is -0.125. The fraction of sp³-hybridized carbons (Fsp3) is 0.300. The van der Waals surface area contributed by atoms with E-state index in [4.69, 9.17) is 4.74 Å². The molecule has 2 aromatic carbocycles. The van der Waals surface area contributed by atoms with Gasteiger partial charge in [-0.2, -0.15) is 5.10 Å². The van der Waals surface area contributed by atoms with E-state index in [2.05, 4.69) is 25.5 Å². The monoisotopic (exact) mass is 542 g/mol. The summed E-state index contributed by atoms with van der Waals surface area (Å²) in [7, 11) is 0. The number of carbonyl (C=O) groups excluding carboxylic acids is 1. The third-order valence-electron chi connectivity index (χ3n) is 6.93. The van der Waals surface area contributed by atoms with Crippen LogP contribution in [0.25, 0.3) is 22.5 Å². The number of benzene rings is 2. The molecule has 0 saturated carbocycles. The van der Waals surface area contributed by atoms with Crippen molar-refractivity contribution in [2.75, 3.05) is 31.1 Å². The van der Waals surface area contributed by atoms with Gasteiger partial charge in [0.15, 0.2) is 5.82 Å². The van der Waals surface area contributed by atoms with E-state index in [9.17, 15) is 14.0 Å². The highest BCUT2D eigenvalue weighted by atomic mass is 19.1. The van der Waals surface area contributed by atoms with Crippen molar-refractivity contribution in [3.05, 3.63) is 89.0 Å². The number of ether oxygens (including phenoxy) is 1. The van der Waals surface area contributed by atoms with Crippen LogP contribution in [0.5, 0.6) is 5.75 Å². The quantitative estimate of drug-likeness (QED) is 0.342. The molecule has 0 bridgehead atoms. The van der Waals surface area contributed by atoms with E-state index in [1.807, 2.05) is 43.3 Å². The summed E-state index contributed by atoms with van der Waals surface area (Å²) < 4.78 is 20.0. The Hall–Kier alpha value is -4.60. The first-order valence-electron chi connectivity index (χ1n) is 13.4. The molecule has 0 unspecified atom stereocenters. The van der Waals surface area contributed by atoms with Crippen molar-refractivity contribution in [1.82, 2.24) is 25.3 Å². The number of piperidine rings is 1. The summed E-state index contributed by atoms with van der Waals surface area (Å²) >= 11 is 0. The van der Waals surface area contributed by atoms with Crippen molar-refractivity contribution >= 4 is 11.7 Å². The van der Waals surface area contributed by atoms with Crippen LogP contribution in [0.1, 0.15) is 19.8 Å². The molecular formula is C30H31FN6O3. The number of rotatable bonds is 9. The van der Waals surface area contributed by atoms with Gasteiger partial charge in [-0.3, -0.25) is 9.59 Å². The minimum Gasteiger partial charge on any atom is -0.494 e. The molecule has 0 spiro atoms. The molecule has 0 aliphatic carbocycles. The Morgan fingerprint density at radius 1 is 0.925 bits per heavy atom. The highest BCUT2D eigenvalue weighted by Gasteiger charge is 2.25. The van der Waals surface area contributed by atoms with Gasteiger partial charge in [0, 0.05) is 42.7 Å². The minimum atomic E-state index is -0.292. The third-order valence-corrected chi connectivity index (χ3v) is 6.93. The molecule has 10 heteroatoms. The normalized spacial score (nSPS) is 13.7. The Morgan fingerprint density at radius 3 is 2.27 bits per heavy atom. The van der Waals surface area contributed by atoms with E-state index in [1.54, 1.807) is 18.2 Å². The van der Waals surface area contributed by atoms with Crippen molar-refractivity contribution in [3.8, 4) is 28.3 Å². The second-order valence-electron chi connectivity index (χ2n) is 9.57. The number of nitrogens with zero attached hydrogens (tertiary/aromatic N) is 5. The molecule has 9 nitrogen and oxygen atoms in total. The highest BCUT2D eigenvalue weighted by molar-refractivity contribution is 5.79. The molecule has 5 rings (SSSR count). The van der Waals surface area contributed by atoms with E-state index < -0.39 is 0 Å². The van der Waals surface area contributed by atoms with Crippen LogP contribution in [-0.4, -0.2) is 52.1 Å². The second kappa shape index (κ2) is 12.5. The molecule has 1 aliphatic rings. The lowest BCUT2D eigenvalue weighted by Gasteiger charge is -2.31. The topological polar surface area (TPSA) is 102 Å². The smallest absolute Gasteiger partial charge is 0.266 e. The molecule has 4 aromatic rings. The van der Waals surface area contributed by atoms with Gasteiger partial charge in [0.2, 0.25) is 5.91 Å². The van der Waals surface area contributed by atoms with Crippen LogP contribution in [0.15, 0.2) is 77.6 Å². The maximum Gasteiger partial charge on any atom is 0.266 e. The van der Waals surface area contributed by atoms with Gasteiger partial charge in [-0.15, -0.1) is 10.2 Å². The first-order valence-corrected chi connectivity index (χ1v) is 13.4. The molecule has 1 amide bonds. The third kappa shape index (κ3) is 6.51. The number of nitrogens with one attached hydrogen (secondary N) is 1. The van der Waals surface area contributed by atoms with Gasteiger partial charge in [-0.25, -0.2) is 9.07 Å². The summed E-state index contributed by atoms with van der Waals surface area (Å²) in [6, 6.07) is 20.7. The van der Waals surface area contributed by atoms with Gasteiger partial charge in [-0.05, 0) is 86.5 Å². The van der Waals surface area contributed by atoms with Gasteiger partial charge in [0.25, 0.3) is 5.56 Å². The van der Waals surface area contributed by atoms with Crippen molar-refractivity contribution < 1.29 is 13.9 Å². The summed E-state index contributed by atoms with van der Waals surface area (Å²) in [5.41, 5.74) is 2.81. The summed E-state index contributed by atoms with van der Waals surface area (Å²) in [5, 5.41) is 16.1. The summed E-state index contributed by atoms with van der Waals surface area (Å²) in [5.74, 6) is 1.11. The highest BCUT2D eigenvalue weighted by Crippen LogP contribution is 2.24. The van der Waals surface area contributed by atoms with Crippen LogP contribution in [0, 0.1) is 11.7 Å². The van der Waals surface area contributed by atoms with Crippen LogP contribution in [0.3, 0.4) is 0 Å². The molecule has 3 heterocycles. The van der Waals surface area contributed by atoms with Crippen LogP contribution in [0.4, 0.5) is 10.2 Å². The molecule has 1 N–H and O–H groups in total. The van der Waals surface area contributed by atoms with Gasteiger partial charge in [0.1, 0.15) is 11.6 Å². The van der Waals surface area contributed by atoms with Crippen LogP contribution in [-0.2, 0) is 11.3 Å². The maximum atomic E-state index is 13.2. The first-order chi connectivity index (χ1) is 19.5. The standard InChI is InChI=1S/C30H31FN6O3/c1-2-40-25-9-5-22(6-10-25)27-12-14-29(38)37(35-27)20-17-32-30(39)23-15-18-36(19-16-23)28-13-11-26(33-34-28)21-3-7-24(31)8-4-21/h3-14,23H,2,15-20H2,1H3,(H,32,39). The number of halogens is 1. The Morgan fingerprint density at radius 2 is 1.60 bits per heavy atom. The predicted octanol–water partition coefficient (Wildman–Crippen LogP) is 3.94. The SMILES string of the molecule is CCOc1ccc(-c2ccc(=O)n(CCNC(=O)C3CCN(c4ccc(-c5ccc(F)cc5)nn4)CC3)n2)cc1. The van der Waals surface area contributed by atoms with Crippen molar-refractivity contribution in [2.24, 2.45) is 5.92 Å². The second-order valence-corrected chi connectivity index (χ2v) is 9.57. The fourth-order valence-electron chi connectivity index (χ4n) is 4.72. The Kier molecular flexibility index (Phi) is 8.44. The lowest BCUT2D eigenvalue weighted by atomic mass is 9.96. The van der Waals surface area contributed by atoms with E-state index in [1.165, 1.54) is 22.9 Å². The lowest BCUT2D eigenvalue weighted by Crippen LogP contribution is -2.42. The molecule has 206 valence electrons. The predicted molar refractivity (Wildman–Crippen MR) is 150 cm³/mol. The largest absolute Gasteiger partial charge is 0.494 e. The molecule has 1 fully saturated rings. The zero-order valence-electron chi connectivity index (χ0n) is 22.3. The van der Waals surface area contributed by atoms with E-state index >= 15 is 0 Å². The van der Waals surface area contributed by atoms with Gasteiger partial charge >= 0.3 is 0 Å². The van der Waals surface area contributed by atoms with Gasteiger partial charge in [0.05, 0.1) is 24.5 Å². The van der Waals surface area contributed by atoms with Gasteiger partial charge < -0.3 is 15.0 Å². The molecule has 0 atom stereocenters. The van der Waals surface area contributed by atoms with Gasteiger partial charge in [-0.1, -0.05) is 0 Å². The van der Waals surface area contributed by atoms with E-state index in [0.717, 1.165) is 22.7 Å². The van der Waals surface area contributed by atoms with Crippen molar-refractivity contribution in [1.29, 1.82) is 0 Å². The number of anilines is 1. The Balaban J connectivity index is 1.10. The van der Waals surface area contributed by atoms with E-state index in [-0.39, 0.29) is 29.7 Å². The molecule has 2 aromatic heterocycles. The first kappa shape index (κ1) is 27.0. The molecular weight excluding hydrogens is 511 g/mol. The number of carbonyl (C=O) groups is 1. The summed E-state index contributed by atoms with van der Waals surface area (Å²) in [6.45, 7) is 4.50. The van der Waals surface area contributed by atoms with Crippen LogP contribution >= 0.6 is 0 Å². The molecule has 1 saturated heterocycles. The molecule has 1 aliphatic heterocycles. The summed E-state index contributed by atoms with van der Waals surface area (Å²) in [6.07, 6.45) is 1.39. The average Bonchev–Trinajstić information content (AvgIpc) is 2.99. The Bertz CT molecular complexity index is 1480. The zero-order chi connectivity index (χ0) is 27.9. The molecule has 0 radical (unpaired) electrons. The Labute approximate surface area is 231 Å². The summed E-state index contributed by atoms with van der Waals surface area (Å²) in [4.78, 5) is 27.3. The fourth-order valence-corrected chi connectivity index (χ4v) is 4.72. The maximum absolute atomic E-state index is 13.2. The average molecular weight is 543 g/mol. The minimum absolute atomic E-state index is 0.0203. The number of hydrogen-bond acceptors (Lipinski definition) is 7. The zero-order valence-corrected chi connectivity index (χ0v) is 22.3. The molecule has 40 heavy (non-hydrogen) atoms. The van der Waals surface area contributed by atoms with E-state index in [0.29, 0.717) is 50.5 Å². The number of amides is 1. The number of aromatic nitrogens is 4. The van der Waals surface area contributed by atoms with Crippen LogP contribution < -0.4 is 20.5 Å². The van der Waals surface area contributed by atoms with Crippen LogP contribution in [0.2, 0.25) is 0 Å².